The second-order valence-corrected chi connectivity index (χ2v) is 3.08. The zero-order valence-electron chi connectivity index (χ0n) is 8.03. The number of hydrogen-bond acceptors (Lipinski definition) is 3. The van der Waals surface area contributed by atoms with E-state index in [1.165, 1.54) is 0 Å². The standard InChI is InChI=1S/C10H15NO2/c1-8-4-3-5-9(11-8)6-10(12)7-13-2/h3-5,10,12H,6-7H2,1-2H3. The van der Waals surface area contributed by atoms with Gasteiger partial charge in [0.1, 0.15) is 0 Å². The van der Waals surface area contributed by atoms with Crippen molar-refractivity contribution in [3.8, 4) is 0 Å². The minimum atomic E-state index is -0.459. The summed E-state index contributed by atoms with van der Waals surface area (Å²) in [5, 5.41) is 9.43. The molecule has 0 aromatic carbocycles. The van der Waals surface area contributed by atoms with Gasteiger partial charge < -0.3 is 9.84 Å². The predicted octanol–water partition coefficient (Wildman–Crippen LogP) is 0.940. The summed E-state index contributed by atoms with van der Waals surface area (Å²) in [5.74, 6) is 0. The van der Waals surface area contributed by atoms with Crippen molar-refractivity contribution in [1.82, 2.24) is 4.98 Å². The molecule has 0 spiro atoms. The molecule has 3 heteroatoms. The SMILES string of the molecule is COCC(O)Cc1cccc(C)n1. The van der Waals surface area contributed by atoms with E-state index in [9.17, 15) is 5.11 Å². The first-order chi connectivity index (χ1) is 6.22. The van der Waals surface area contributed by atoms with Crippen LogP contribution in [0.5, 0.6) is 0 Å². The maximum Gasteiger partial charge on any atom is 0.0828 e. The number of aryl methyl sites for hydroxylation is 1. The van der Waals surface area contributed by atoms with Gasteiger partial charge in [-0.2, -0.15) is 0 Å². The van der Waals surface area contributed by atoms with Gasteiger partial charge in [-0.05, 0) is 19.1 Å². The van der Waals surface area contributed by atoms with Gasteiger partial charge in [0.15, 0.2) is 0 Å². The van der Waals surface area contributed by atoms with Gasteiger partial charge in [-0.25, -0.2) is 0 Å². The highest BCUT2D eigenvalue weighted by Crippen LogP contribution is 2.02. The Bertz CT molecular complexity index is 263. The van der Waals surface area contributed by atoms with E-state index in [-0.39, 0.29) is 0 Å². The lowest BCUT2D eigenvalue weighted by Crippen LogP contribution is -2.17. The van der Waals surface area contributed by atoms with Crippen LogP contribution < -0.4 is 0 Å². The maximum atomic E-state index is 9.43. The van der Waals surface area contributed by atoms with Crippen LogP contribution in [0.4, 0.5) is 0 Å². The second-order valence-electron chi connectivity index (χ2n) is 3.08. The molecule has 0 saturated carbocycles. The highest BCUT2D eigenvalue weighted by atomic mass is 16.5. The Hall–Kier alpha value is -0.930. The molecule has 1 N–H and O–H groups in total. The molecule has 0 aliphatic heterocycles. The topological polar surface area (TPSA) is 42.4 Å². The molecule has 1 aromatic rings. The molecule has 72 valence electrons. The van der Waals surface area contributed by atoms with Crippen molar-refractivity contribution in [3.63, 3.8) is 0 Å². The fourth-order valence-electron chi connectivity index (χ4n) is 1.21. The lowest BCUT2D eigenvalue weighted by atomic mass is 10.2. The van der Waals surface area contributed by atoms with Crippen LogP contribution in [0.1, 0.15) is 11.4 Å². The van der Waals surface area contributed by atoms with Crippen molar-refractivity contribution in [2.75, 3.05) is 13.7 Å². The molecule has 0 saturated heterocycles. The number of pyridine rings is 1. The first-order valence-electron chi connectivity index (χ1n) is 4.32. The van der Waals surface area contributed by atoms with Gasteiger partial charge in [0.2, 0.25) is 0 Å². The highest BCUT2D eigenvalue weighted by molar-refractivity contribution is 5.10. The molecule has 13 heavy (non-hydrogen) atoms. The summed E-state index contributed by atoms with van der Waals surface area (Å²) in [6.45, 7) is 2.29. The number of ether oxygens (including phenoxy) is 1. The summed E-state index contributed by atoms with van der Waals surface area (Å²) in [6.07, 6.45) is 0.0921. The molecule has 0 amide bonds. The smallest absolute Gasteiger partial charge is 0.0828 e. The Kier molecular flexibility index (Phi) is 3.86. The number of aliphatic hydroxyl groups is 1. The number of methoxy groups -OCH3 is 1. The highest BCUT2D eigenvalue weighted by Gasteiger charge is 2.05. The number of hydrogen-bond donors (Lipinski definition) is 1. The van der Waals surface area contributed by atoms with Crippen molar-refractivity contribution < 1.29 is 9.84 Å². The van der Waals surface area contributed by atoms with Gasteiger partial charge in [-0.3, -0.25) is 4.98 Å². The molecule has 0 fully saturated rings. The molecular weight excluding hydrogens is 166 g/mol. The van der Waals surface area contributed by atoms with Crippen molar-refractivity contribution in [1.29, 1.82) is 0 Å². The summed E-state index contributed by atoms with van der Waals surface area (Å²) in [5.41, 5.74) is 1.88. The normalized spacial score (nSPS) is 12.8. The third-order valence-electron chi connectivity index (χ3n) is 1.75. The van der Waals surface area contributed by atoms with Gasteiger partial charge in [0.05, 0.1) is 12.7 Å². The number of aliphatic hydroxyl groups excluding tert-OH is 1. The lowest BCUT2D eigenvalue weighted by Gasteiger charge is -2.08. The summed E-state index contributed by atoms with van der Waals surface area (Å²) in [7, 11) is 1.58. The van der Waals surface area contributed by atoms with Crippen LogP contribution in [0.15, 0.2) is 18.2 Å². The maximum absolute atomic E-state index is 9.43. The van der Waals surface area contributed by atoms with E-state index >= 15 is 0 Å². The average Bonchev–Trinajstić information content (AvgIpc) is 2.04. The van der Waals surface area contributed by atoms with E-state index in [4.69, 9.17) is 4.74 Å². The van der Waals surface area contributed by atoms with E-state index in [1.807, 2.05) is 25.1 Å². The van der Waals surface area contributed by atoms with Gasteiger partial charge in [-0.1, -0.05) is 6.07 Å². The zero-order chi connectivity index (χ0) is 9.68. The molecule has 1 aromatic heterocycles. The summed E-state index contributed by atoms with van der Waals surface area (Å²) < 4.78 is 4.83. The number of rotatable bonds is 4. The lowest BCUT2D eigenvalue weighted by molar-refractivity contribution is 0.0644. The Morgan fingerprint density at radius 1 is 1.54 bits per heavy atom. The van der Waals surface area contributed by atoms with Crippen molar-refractivity contribution in [3.05, 3.63) is 29.6 Å². The van der Waals surface area contributed by atoms with Crippen LogP contribution in [-0.2, 0) is 11.2 Å². The van der Waals surface area contributed by atoms with Gasteiger partial charge in [0.25, 0.3) is 0 Å². The van der Waals surface area contributed by atoms with Crippen molar-refractivity contribution in [2.45, 2.75) is 19.4 Å². The van der Waals surface area contributed by atoms with Crippen LogP contribution >= 0.6 is 0 Å². The van der Waals surface area contributed by atoms with Gasteiger partial charge in [0, 0.05) is 24.9 Å². The van der Waals surface area contributed by atoms with Crippen LogP contribution in [-0.4, -0.2) is 29.9 Å². The first kappa shape index (κ1) is 10.2. The largest absolute Gasteiger partial charge is 0.390 e. The molecule has 1 heterocycles. The summed E-state index contributed by atoms with van der Waals surface area (Å²) >= 11 is 0. The van der Waals surface area contributed by atoms with E-state index in [2.05, 4.69) is 4.98 Å². The van der Waals surface area contributed by atoms with Crippen LogP contribution in [0, 0.1) is 6.92 Å². The second kappa shape index (κ2) is 4.94. The minimum absolute atomic E-state index is 0.357. The van der Waals surface area contributed by atoms with E-state index in [1.54, 1.807) is 7.11 Å². The summed E-state index contributed by atoms with van der Waals surface area (Å²) in [6, 6.07) is 5.79. The fourth-order valence-corrected chi connectivity index (χ4v) is 1.21. The molecule has 0 aliphatic rings. The van der Waals surface area contributed by atoms with Gasteiger partial charge >= 0.3 is 0 Å². The van der Waals surface area contributed by atoms with E-state index < -0.39 is 6.10 Å². The molecule has 3 nitrogen and oxygen atoms in total. The minimum Gasteiger partial charge on any atom is -0.390 e. The Morgan fingerprint density at radius 3 is 2.92 bits per heavy atom. The van der Waals surface area contributed by atoms with Gasteiger partial charge in [-0.15, -0.1) is 0 Å². The number of aromatic nitrogens is 1. The van der Waals surface area contributed by atoms with Crippen LogP contribution in [0.3, 0.4) is 0 Å². The molecule has 0 radical (unpaired) electrons. The molecule has 0 aliphatic carbocycles. The first-order valence-corrected chi connectivity index (χ1v) is 4.32. The quantitative estimate of drug-likeness (QED) is 0.751. The monoisotopic (exact) mass is 181 g/mol. The van der Waals surface area contributed by atoms with E-state index in [0.29, 0.717) is 13.0 Å². The Balaban J connectivity index is 2.53. The average molecular weight is 181 g/mol. The van der Waals surface area contributed by atoms with Crippen molar-refractivity contribution >= 4 is 0 Å². The fraction of sp³-hybridized carbons (Fsp3) is 0.500. The summed E-state index contributed by atoms with van der Waals surface area (Å²) in [4.78, 5) is 4.28. The molecule has 1 atom stereocenters. The molecule has 1 unspecified atom stereocenters. The predicted molar refractivity (Wildman–Crippen MR) is 50.6 cm³/mol. The third-order valence-corrected chi connectivity index (χ3v) is 1.75. The van der Waals surface area contributed by atoms with Crippen LogP contribution in [0.2, 0.25) is 0 Å². The van der Waals surface area contributed by atoms with Crippen molar-refractivity contribution in [2.24, 2.45) is 0 Å². The van der Waals surface area contributed by atoms with E-state index in [0.717, 1.165) is 11.4 Å². The molecule has 0 bridgehead atoms. The Morgan fingerprint density at radius 2 is 2.31 bits per heavy atom. The van der Waals surface area contributed by atoms with Crippen LogP contribution in [0.25, 0.3) is 0 Å². The Labute approximate surface area is 78.4 Å². The number of nitrogens with zero attached hydrogens (tertiary/aromatic N) is 1. The molecule has 1 rings (SSSR count). The molecular formula is C10H15NO2. The zero-order valence-corrected chi connectivity index (χ0v) is 8.03. The third kappa shape index (κ3) is 3.53.